The van der Waals surface area contributed by atoms with Crippen LogP contribution in [0.25, 0.3) is 0 Å². The van der Waals surface area contributed by atoms with Gasteiger partial charge in [-0.15, -0.1) is 0 Å². The maximum atomic E-state index is 9.22. The van der Waals surface area contributed by atoms with E-state index in [1.165, 1.54) is 36.5 Å². The number of quaternary nitrogens is 2. The molecule has 0 aliphatic rings. The number of benzene rings is 2. The second-order valence-corrected chi connectivity index (χ2v) is 17.1. The van der Waals surface area contributed by atoms with E-state index in [1.54, 1.807) is 41.5 Å². The summed E-state index contributed by atoms with van der Waals surface area (Å²) in [5.74, 6) is 54.3. The highest BCUT2D eigenvalue weighted by Crippen LogP contribution is 2.06. The fraction of sp³-hybridized carbons (Fsp3) is 0.415. The number of aliphatic hydroxyl groups is 8. The van der Waals surface area contributed by atoms with E-state index in [1.807, 2.05) is 48.5 Å². The highest BCUT2D eigenvalue weighted by molar-refractivity contribution is 5.51. The zero-order valence-corrected chi connectivity index (χ0v) is 43.0. The van der Waals surface area contributed by atoms with Gasteiger partial charge in [-0.3, -0.25) is 0 Å². The summed E-state index contributed by atoms with van der Waals surface area (Å²) < 4.78 is 1.70. The van der Waals surface area contributed by atoms with Crippen molar-refractivity contribution in [1.82, 2.24) is 0 Å². The largest absolute Gasteiger partial charge is 0.384 e. The molecule has 0 aliphatic carbocycles. The lowest BCUT2D eigenvalue weighted by Gasteiger charge is -2.20. The van der Waals surface area contributed by atoms with Crippen LogP contribution in [0.2, 0.25) is 0 Å². The molecule has 8 N–H and O–H groups in total. The Hall–Kier alpha value is -7.14. The lowest BCUT2D eigenvalue weighted by molar-refractivity contribution is -0.862. The Morgan fingerprint density at radius 1 is 0.413 bits per heavy atom. The predicted molar refractivity (Wildman–Crippen MR) is 318 cm³/mol. The summed E-state index contributed by atoms with van der Waals surface area (Å²) in [6.45, 7) is 10.7. The van der Waals surface area contributed by atoms with Crippen LogP contribution in [0.4, 0.5) is 0 Å². The third kappa shape index (κ3) is 69.0. The minimum absolute atomic E-state index is 0. The SMILES string of the molecule is C.C.C.C.C.CC(C)(O)C#C/C=C\C#CC(C)(C)O.CC(O)C#C/C=C\C#CC(C)O.C[N+](C)(C)CC#Cc1ccccc1C#CC[N+](C)(C)C.OCC#C/C=C\C#CCO.OCC#Cc1ccccc1C#CCO. The molecule has 0 aliphatic heterocycles. The first-order chi connectivity index (χ1) is 32.8. The molecule has 2 aromatic rings. The molecule has 0 aromatic heterocycles. The van der Waals surface area contributed by atoms with Crippen molar-refractivity contribution < 1.29 is 49.8 Å². The molecule has 0 radical (unpaired) electrons. The summed E-state index contributed by atoms with van der Waals surface area (Å²) in [6.07, 6.45) is 7.94. The molecule has 0 heterocycles. The number of hydrogen-bond donors (Lipinski definition) is 8. The zero-order chi connectivity index (χ0) is 53.7. The summed E-state index contributed by atoms with van der Waals surface area (Å²) in [6, 6.07) is 15.5. The van der Waals surface area contributed by atoms with Gasteiger partial charge in [-0.2, -0.15) is 0 Å². The average Bonchev–Trinajstić information content (AvgIpc) is 3.26. The summed E-state index contributed by atoms with van der Waals surface area (Å²) in [5, 5.41) is 69.3. The van der Waals surface area contributed by atoms with Crippen LogP contribution in [-0.2, 0) is 0 Å². The van der Waals surface area contributed by atoms with Gasteiger partial charge in [-0.05, 0) is 114 Å². The standard InChI is InChI=1S/C18H26N2.C12H10O2.C12H16O2.C10H12O2.C8H8O2.5CH4/c1-19(2,3)15-9-13-17-11-7-8-12-18(17)14-10-16-20(4,5)6;13-9-3-7-11-5-1-2-6-12(11)8-4-10-14;1-11(2,13)9-7-5-6-8-10-12(3,4)14;1-9(11)7-5-3-4-6-8-10(2)12;9-7-5-3-1-2-4-6-8-10;;;;;/h7-8,11-12H,15-16H2,1-6H3;1-2,5-6,13-14H,9-10H2;5-6,13-14H,1-4H3;3-4,9-12H,1-2H3;1-2,9-10H,7-8H2;5*1H4/q+2;;;;;;;;;/b;;6-5-;4-3-;2-1-;;;;;. The molecular formula is C65H92N2O8+2. The first-order valence-electron chi connectivity index (χ1n) is 21.8. The summed E-state index contributed by atoms with van der Waals surface area (Å²) >= 11 is 0. The van der Waals surface area contributed by atoms with Crippen LogP contribution >= 0.6 is 0 Å². The summed E-state index contributed by atoms with van der Waals surface area (Å²) in [7, 11) is 12.8. The van der Waals surface area contributed by atoms with Crippen LogP contribution in [0.3, 0.4) is 0 Å². The molecule has 10 heteroatoms. The fourth-order valence-electron chi connectivity index (χ4n) is 3.65. The number of aliphatic hydroxyl groups excluding tert-OH is 6. The van der Waals surface area contributed by atoms with Gasteiger partial charge in [0.2, 0.25) is 0 Å². The van der Waals surface area contributed by atoms with Gasteiger partial charge < -0.3 is 49.8 Å². The maximum Gasteiger partial charge on any atom is 0.140 e. The van der Waals surface area contributed by atoms with Gasteiger partial charge in [-0.1, -0.05) is 168 Å². The van der Waals surface area contributed by atoms with E-state index >= 15 is 0 Å². The van der Waals surface area contributed by atoms with Crippen LogP contribution in [0.5, 0.6) is 0 Å². The lowest BCUT2D eigenvalue weighted by atomic mass is 10.1. The first-order valence-corrected chi connectivity index (χ1v) is 21.8. The van der Waals surface area contributed by atoms with Crippen molar-refractivity contribution in [2.45, 2.75) is 102 Å². The lowest BCUT2D eigenvalue weighted by Crippen LogP contribution is -2.34. The highest BCUT2D eigenvalue weighted by atomic mass is 16.3. The number of rotatable bonds is 2. The Bertz CT molecular complexity index is 2420. The Labute approximate surface area is 457 Å². The molecule has 75 heavy (non-hydrogen) atoms. The van der Waals surface area contributed by atoms with E-state index in [-0.39, 0.29) is 63.6 Å². The zero-order valence-electron chi connectivity index (χ0n) is 43.0. The van der Waals surface area contributed by atoms with E-state index in [4.69, 9.17) is 30.6 Å². The van der Waals surface area contributed by atoms with Crippen LogP contribution < -0.4 is 0 Å². The second kappa shape index (κ2) is 51.7. The minimum Gasteiger partial charge on any atom is -0.384 e. The summed E-state index contributed by atoms with van der Waals surface area (Å²) in [4.78, 5) is 0. The van der Waals surface area contributed by atoms with Gasteiger partial charge in [-0.25, -0.2) is 0 Å². The van der Waals surface area contributed by atoms with Gasteiger partial charge in [0.05, 0.1) is 42.3 Å². The fourth-order valence-corrected chi connectivity index (χ4v) is 3.65. The first kappa shape index (κ1) is 84.7. The van der Waals surface area contributed by atoms with Crippen LogP contribution in [0.1, 0.15) is 101 Å². The predicted octanol–water partition coefficient (Wildman–Crippen LogP) is 6.29. The van der Waals surface area contributed by atoms with Crippen LogP contribution in [-0.4, -0.2) is 155 Å². The van der Waals surface area contributed by atoms with Crippen molar-refractivity contribution in [3.63, 3.8) is 0 Å². The normalized spacial score (nSPS) is 9.92. The van der Waals surface area contributed by atoms with Gasteiger partial charge >= 0.3 is 0 Å². The van der Waals surface area contributed by atoms with Crippen molar-refractivity contribution in [2.24, 2.45) is 0 Å². The van der Waals surface area contributed by atoms with E-state index in [9.17, 15) is 10.2 Å². The van der Waals surface area contributed by atoms with Crippen molar-refractivity contribution in [1.29, 1.82) is 0 Å². The van der Waals surface area contributed by atoms with Gasteiger partial charge in [0, 0.05) is 22.3 Å². The molecule has 0 fully saturated rings. The second-order valence-electron chi connectivity index (χ2n) is 17.1. The summed E-state index contributed by atoms with van der Waals surface area (Å²) in [5.41, 5.74) is 1.62. The smallest absolute Gasteiger partial charge is 0.140 e. The Kier molecular flexibility index (Phi) is 58.4. The Morgan fingerprint density at radius 3 is 0.880 bits per heavy atom. The van der Waals surface area contributed by atoms with Gasteiger partial charge in [0.15, 0.2) is 0 Å². The quantitative estimate of drug-likeness (QED) is 0.129. The van der Waals surface area contributed by atoms with Crippen molar-refractivity contribution in [3.05, 3.63) is 107 Å². The number of hydrogen-bond acceptors (Lipinski definition) is 8. The Balaban J connectivity index is -0.000000125. The molecule has 408 valence electrons. The highest BCUT2D eigenvalue weighted by Gasteiger charge is 2.06. The third-order valence-electron chi connectivity index (χ3n) is 6.46. The molecule has 0 amide bonds. The van der Waals surface area contributed by atoms with Gasteiger partial charge in [0.25, 0.3) is 0 Å². The molecule has 0 saturated heterocycles. The minimum atomic E-state index is -0.978. The molecule has 10 nitrogen and oxygen atoms in total. The molecule has 0 saturated carbocycles. The monoisotopic (exact) mass is 1030 g/mol. The molecule has 2 atom stereocenters. The molecule has 2 aromatic carbocycles. The van der Waals surface area contributed by atoms with Crippen molar-refractivity contribution >= 4 is 0 Å². The topological polar surface area (TPSA) is 162 Å². The van der Waals surface area contributed by atoms with E-state index < -0.39 is 23.4 Å². The van der Waals surface area contributed by atoms with E-state index in [2.05, 4.69) is 161 Å². The molecular weight excluding hydrogens is 937 g/mol. The number of allylic oxidation sites excluding steroid dienone is 6. The van der Waals surface area contributed by atoms with Gasteiger partial charge in [0.1, 0.15) is 62.9 Å². The van der Waals surface area contributed by atoms with E-state index in [0.717, 1.165) is 44.3 Å². The van der Waals surface area contributed by atoms with Crippen molar-refractivity contribution in [2.75, 3.05) is 81.8 Å². The average molecular weight is 1030 g/mol. The molecule has 2 unspecified atom stereocenters. The van der Waals surface area contributed by atoms with E-state index in [0.29, 0.717) is 0 Å². The number of nitrogens with zero attached hydrogens (tertiary/aromatic N) is 2. The Morgan fingerprint density at radius 2 is 0.653 bits per heavy atom. The molecule has 0 bridgehead atoms. The maximum absolute atomic E-state index is 9.22. The molecule has 0 spiro atoms. The van der Waals surface area contributed by atoms with Crippen molar-refractivity contribution in [3.8, 4) is 118 Å². The van der Waals surface area contributed by atoms with Crippen LogP contribution in [0, 0.1) is 118 Å². The van der Waals surface area contributed by atoms with Crippen LogP contribution in [0.15, 0.2) is 85.0 Å². The third-order valence-corrected chi connectivity index (χ3v) is 6.46. The molecule has 2 rings (SSSR count).